The maximum absolute atomic E-state index is 12.6. The molecule has 3 heterocycles. The highest BCUT2D eigenvalue weighted by Crippen LogP contribution is 2.16. The molecule has 0 fully saturated rings. The minimum Gasteiger partial charge on any atom is -0.348 e. The van der Waals surface area contributed by atoms with Crippen molar-refractivity contribution in [3.8, 4) is 16.9 Å². The highest BCUT2D eigenvalue weighted by atomic mass is 16.1. The first-order valence-corrected chi connectivity index (χ1v) is 8.97. The Kier molecular flexibility index (Phi) is 4.98. The van der Waals surface area contributed by atoms with Gasteiger partial charge in [-0.1, -0.05) is 0 Å². The number of carbonyl (C=O) groups is 1. The number of nitrogens with zero attached hydrogens (tertiary/aromatic N) is 5. The molecule has 144 valence electrons. The van der Waals surface area contributed by atoms with Crippen LogP contribution in [0.3, 0.4) is 0 Å². The molecule has 0 bridgehead atoms. The highest BCUT2D eigenvalue weighted by molar-refractivity contribution is 5.99. The molecule has 0 atom stereocenters. The topological polar surface area (TPSA) is 94.7 Å². The smallest absolute Gasteiger partial charge is 0.255 e. The van der Waals surface area contributed by atoms with E-state index in [0.29, 0.717) is 17.2 Å². The van der Waals surface area contributed by atoms with Gasteiger partial charge in [0.25, 0.3) is 5.56 Å². The molecule has 3 aromatic heterocycles. The van der Waals surface area contributed by atoms with Crippen molar-refractivity contribution in [1.82, 2.24) is 24.3 Å². The SMILES string of the molecule is Cn1c(NCC(=O)c2ccc(-n3cccn3)cc2)nc(-c2ccncc2)cc1=O. The van der Waals surface area contributed by atoms with E-state index in [1.54, 1.807) is 54.6 Å². The fraction of sp³-hybridized carbons (Fsp3) is 0.0952. The van der Waals surface area contributed by atoms with E-state index >= 15 is 0 Å². The van der Waals surface area contributed by atoms with Crippen LogP contribution in [0.4, 0.5) is 5.95 Å². The third-order valence-corrected chi connectivity index (χ3v) is 4.48. The number of hydrogen-bond acceptors (Lipinski definition) is 6. The van der Waals surface area contributed by atoms with Gasteiger partial charge in [-0.25, -0.2) is 9.67 Å². The lowest BCUT2D eigenvalue weighted by molar-refractivity contribution is 0.101. The predicted molar refractivity (Wildman–Crippen MR) is 109 cm³/mol. The molecule has 0 saturated carbocycles. The van der Waals surface area contributed by atoms with Gasteiger partial charge in [-0.2, -0.15) is 5.10 Å². The Hall–Kier alpha value is -4.07. The number of Topliss-reactive ketones (excluding diaryl/α,β-unsaturated/α-hetero) is 1. The summed E-state index contributed by atoms with van der Waals surface area (Å²) in [5.41, 5.74) is 2.51. The quantitative estimate of drug-likeness (QED) is 0.511. The summed E-state index contributed by atoms with van der Waals surface area (Å²) in [6, 6.07) is 14.0. The maximum Gasteiger partial charge on any atom is 0.255 e. The molecule has 8 nitrogen and oxygen atoms in total. The molecule has 0 aliphatic heterocycles. The van der Waals surface area contributed by atoms with Crippen molar-refractivity contribution in [3.63, 3.8) is 0 Å². The van der Waals surface area contributed by atoms with Crippen molar-refractivity contribution in [2.24, 2.45) is 7.05 Å². The Morgan fingerprint density at radius 2 is 1.83 bits per heavy atom. The molecule has 0 amide bonds. The third kappa shape index (κ3) is 3.96. The normalized spacial score (nSPS) is 10.7. The van der Waals surface area contributed by atoms with Gasteiger partial charge in [0.1, 0.15) is 0 Å². The summed E-state index contributed by atoms with van der Waals surface area (Å²) >= 11 is 0. The van der Waals surface area contributed by atoms with Crippen molar-refractivity contribution in [1.29, 1.82) is 0 Å². The van der Waals surface area contributed by atoms with Crippen LogP contribution in [0.15, 0.2) is 78.1 Å². The summed E-state index contributed by atoms with van der Waals surface area (Å²) in [4.78, 5) is 33.3. The van der Waals surface area contributed by atoms with Gasteiger partial charge in [0.15, 0.2) is 5.78 Å². The zero-order chi connectivity index (χ0) is 20.2. The molecule has 1 N–H and O–H groups in total. The van der Waals surface area contributed by atoms with Gasteiger partial charge in [0, 0.05) is 49.0 Å². The predicted octanol–water partition coefficient (Wildman–Crippen LogP) is 2.32. The number of hydrogen-bond donors (Lipinski definition) is 1. The zero-order valence-electron chi connectivity index (χ0n) is 15.7. The third-order valence-electron chi connectivity index (χ3n) is 4.48. The lowest BCUT2D eigenvalue weighted by atomic mass is 10.1. The average molecular weight is 386 g/mol. The molecule has 8 heteroatoms. The summed E-state index contributed by atoms with van der Waals surface area (Å²) in [5.74, 6) is 0.214. The number of ketones is 1. The van der Waals surface area contributed by atoms with E-state index in [9.17, 15) is 9.59 Å². The standard InChI is InChI=1S/C21H18N6O2/c1-26-20(29)13-18(15-7-10-22-11-8-15)25-21(26)23-14-19(28)16-3-5-17(6-4-16)27-12-2-9-24-27/h2-13H,14H2,1H3,(H,23,25). The lowest BCUT2D eigenvalue weighted by Gasteiger charge is -2.11. The second-order valence-electron chi connectivity index (χ2n) is 6.37. The van der Waals surface area contributed by atoms with Crippen molar-refractivity contribution in [3.05, 3.63) is 89.2 Å². The van der Waals surface area contributed by atoms with Gasteiger partial charge in [-0.05, 0) is 42.5 Å². The summed E-state index contributed by atoms with van der Waals surface area (Å²) < 4.78 is 3.09. The summed E-state index contributed by atoms with van der Waals surface area (Å²) in [5, 5.41) is 7.14. The highest BCUT2D eigenvalue weighted by Gasteiger charge is 2.11. The van der Waals surface area contributed by atoms with Crippen LogP contribution in [-0.4, -0.2) is 36.6 Å². The summed E-state index contributed by atoms with van der Waals surface area (Å²) in [6.45, 7) is 0.0151. The number of aromatic nitrogens is 5. The minimum atomic E-state index is -0.217. The maximum atomic E-state index is 12.6. The molecule has 4 rings (SSSR count). The Morgan fingerprint density at radius 1 is 1.07 bits per heavy atom. The van der Waals surface area contributed by atoms with Crippen molar-refractivity contribution in [2.75, 3.05) is 11.9 Å². The molecule has 0 unspecified atom stereocenters. The van der Waals surface area contributed by atoms with Crippen LogP contribution in [0.1, 0.15) is 10.4 Å². The molecule has 0 saturated heterocycles. The molecule has 0 aliphatic carbocycles. The lowest BCUT2D eigenvalue weighted by Crippen LogP contribution is -2.24. The van der Waals surface area contributed by atoms with E-state index in [2.05, 4.69) is 20.4 Å². The Balaban J connectivity index is 1.50. The number of pyridine rings is 1. The molecule has 1 aromatic carbocycles. The van der Waals surface area contributed by atoms with E-state index in [1.807, 2.05) is 24.4 Å². The number of rotatable bonds is 6. The van der Waals surface area contributed by atoms with Gasteiger partial charge in [-0.3, -0.25) is 19.1 Å². The van der Waals surface area contributed by atoms with Crippen LogP contribution in [0.25, 0.3) is 16.9 Å². The fourth-order valence-corrected chi connectivity index (χ4v) is 2.85. The van der Waals surface area contributed by atoms with E-state index in [-0.39, 0.29) is 17.9 Å². The fourth-order valence-electron chi connectivity index (χ4n) is 2.85. The van der Waals surface area contributed by atoms with Crippen LogP contribution in [-0.2, 0) is 7.05 Å². The second kappa shape index (κ2) is 7.89. The Labute approximate surface area is 166 Å². The minimum absolute atomic E-state index is 0.0151. The van der Waals surface area contributed by atoms with E-state index in [1.165, 1.54) is 10.6 Å². The first-order valence-electron chi connectivity index (χ1n) is 8.97. The number of anilines is 1. The molecule has 0 radical (unpaired) electrons. The Morgan fingerprint density at radius 3 is 2.52 bits per heavy atom. The van der Waals surface area contributed by atoms with E-state index < -0.39 is 0 Å². The van der Waals surface area contributed by atoms with Crippen LogP contribution in [0.2, 0.25) is 0 Å². The van der Waals surface area contributed by atoms with Crippen molar-refractivity contribution >= 4 is 11.7 Å². The first-order chi connectivity index (χ1) is 14.1. The summed E-state index contributed by atoms with van der Waals surface area (Å²) in [6.07, 6.45) is 6.80. The zero-order valence-corrected chi connectivity index (χ0v) is 15.7. The van der Waals surface area contributed by atoms with Crippen LogP contribution < -0.4 is 10.9 Å². The molecular formula is C21H18N6O2. The number of benzene rings is 1. The Bertz CT molecular complexity index is 1180. The van der Waals surface area contributed by atoms with Gasteiger partial charge >= 0.3 is 0 Å². The van der Waals surface area contributed by atoms with Crippen molar-refractivity contribution < 1.29 is 4.79 Å². The van der Waals surface area contributed by atoms with Crippen LogP contribution in [0, 0.1) is 0 Å². The van der Waals surface area contributed by atoms with Crippen LogP contribution >= 0.6 is 0 Å². The second-order valence-corrected chi connectivity index (χ2v) is 6.37. The molecular weight excluding hydrogens is 368 g/mol. The van der Waals surface area contributed by atoms with Gasteiger partial charge in [-0.15, -0.1) is 0 Å². The number of nitrogens with one attached hydrogen (secondary N) is 1. The molecule has 0 aliphatic rings. The van der Waals surface area contributed by atoms with E-state index in [4.69, 9.17) is 0 Å². The van der Waals surface area contributed by atoms with Crippen LogP contribution in [0.5, 0.6) is 0 Å². The largest absolute Gasteiger partial charge is 0.348 e. The molecule has 0 spiro atoms. The van der Waals surface area contributed by atoms with E-state index in [0.717, 1.165) is 11.3 Å². The van der Waals surface area contributed by atoms with Gasteiger partial charge in [0.2, 0.25) is 5.95 Å². The average Bonchev–Trinajstić information content (AvgIpc) is 3.30. The first kappa shape index (κ1) is 18.3. The monoisotopic (exact) mass is 386 g/mol. The molecule has 4 aromatic rings. The van der Waals surface area contributed by atoms with Gasteiger partial charge in [0.05, 0.1) is 17.9 Å². The van der Waals surface area contributed by atoms with Crippen molar-refractivity contribution in [2.45, 2.75) is 0 Å². The van der Waals surface area contributed by atoms with Gasteiger partial charge < -0.3 is 5.32 Å². The summed E-state index contributed by atoms with van der Waals surface area (Å²) in [7, 11) is 1.61. The molecule has 29 heavy (non-hydrogen) atoms. The number of carbonyl (C=O) groups excluding carboxylic acids is 1.